The lowest BCUT2D eigenvalue weighted by molar-refractivity contribution is 0.109. The number of pyridine rings is 1. The first-order valence-electron chi connectivity index (χ1n) is 11.1. The largest absolute Gasteiger partial charge is 0.460 e. The fourth-order valence-corrected chi connectivity index (χ4v) is 5.58. The molecule has 0 N–H and O–H groups in total. The molecule has 5 heteroatoms. The monoisotopic (exact) mass is 421 g/mol. The van der Waals surface area contributed by atoms with Crippen molar-refractivity contribution in [1.82, 2.24) is 9.47 Å². The number of furan rings is 1. The zero-order chi connectivity index (χ0) is 21.7. The van der Waals surface area contributed by atoms with Crippen LogP contribution in [-0.4, -0.2) is 22.6 Å². The first-order chi connectivity index (χ1) is 15.7. The van der Waals surface area contributed by atoms with Crippen molar-refractivity contribution in [2.45, 2.75) is 25.4 Å². The van der Waals surface area contributed by atoms with Gasteiger partial charge in [0.1, 0.15) is 11.3 Å². The van der Waals surface area contributed by atoms with E-state index in [0.717, 1.165) is 66.2 Å². The summed E-state index contributed by atoms with van der Waals surface area (Å²) in [5.41, 5.74) is 4.81. The summed E-state index contributed by atoms with van der Waals surface area (Å²) in [5, 5.41) is 10.5. The molecule has 2 aliphatic heterocycles. The highest BCUT2D eigenvalue weighted by atomic mass is 16.3. The summed E-state index contributed by atoms with van der Waals surface area (Å²) in [4.78, 5) is 15.2. The third-order valence-electron chi connectivity index (χ3n) is 6.82. The zero-order valence-electron chi connectivity index (χ0n) is 17.7. The lowest BCUT2D eigenvalue weighted by Crippen LogP contribution is -2.46. The fourth-order valence-electron chi connectivity index (χ4n) is 5.58. The molecule has 2 aliphatic rings. The first kappa shape index (κ1) is 19.1. The van der Waals surface area contributed by atoms with Gasteiger partial charge in [0.05, 0.1) is 18.2 Å². The molecule has 2 unspecified atom stereocenters. The molecular weight excluding hydrogens is 398 g/mol. The van der Waals surface area contributed by atoms with E-state index in [4.69, 9.17) is 4.42 Å². The van der Waals surface area contributed by atoms with Gasteiger partial charge in [-0.2, -0.15) is 5.26 Å². The quantitative estimate of drug-likeness (QED) is 0.479. The summed E-state index contributed by atoms with van der Waals surface area (Å²) < 4.78 is 8.05. The van der Waals surface area contributed by atoms with Gasteiger partial charge in [-0.05, 0) is 48.2 Å². The molecule has 0 saturated carbocycles. The average Bonchev–Trinajstić information content (AvgIpc) is 3.22. The van der Waals surface area contributed by atoms with E-state index < -0.39 is 0 Å². The summed E-state index contributed by atoms with van der Waals surface area (Å²) in [6, 6.07) is 23.8. The Morgan fingerprint density at radius 2 is 1.91 bits per heavy atom. The minimum atomic E-state index is 0.0700. The third-order valence-corrected chi connectivity index (χ3v) is 6.82. The van der Waals surface area contributed by atoms with E-state index in [1.165, 1.54) is 0 Å². The predicted molar refractivity (Wildman–Crippen MR) is 123 cm³/mol. The van der Waals surface area contributed by atoms with Gasteiger partial charge in [-0.1, -0.05) is 30.3 Å². The van der Waals surface area contributed by atoms with Crippen LogP contribution in [0.4, 0.5) is 0 Å². The number of hydrogen-bond donors (Lipinski definition) is 0. The number of para-hydroxylation sites is 1. The van der Waals surface area contributed by atoms with E-state index >= 15 is 0 Å². The molecule has 2 bridgehead atoms. The highest BCUT2D eigenvalue weighted by molar-refractivity contribution is 5.77. The number of hydrogen-bond acceptors (Lipinski definition) is 4. The SMILES string of the molecule is N#Cc1cccc(-c2ccc(=O)n3c2C2CC(CN(Cc4cc5ccccc5o4)C2)C3)c1. The van der Waals surface area contributed by atoms with Gasteiger partial charge in [0, 0.05) is 48.3 Å². The molecule has 0 amide bonds. The van der Waals surface area contributed by atoms with E-state index in [9.17, 15) is 10.1 Å². The molecule has 1 fully saturated rings. The van der Waals surface area contributed by atoms with Crippen molar-refractivity contribution in [3.05, 3.63) is 94.1 Å². The Balaban J connectivity index is 1.35. The van der Waals surface area contributed by atoms with Gasteiger partial charge in [0.25, 0.3) is 5.56 Å². The topological polar surface area (TPSA) is 62.2 Å². The minimum Gasteiger partial charge on any atom is -0.460 e. The Kier molecular flexibility index (Phi) is 4.48. The molecule has 2 aromatic heterocycles. The number of aromatic nitrogens is 1. The van der Waals surface area contributed by atoms with Crippen LogP contribution in [0.15, 0.2) is 75.9 Å². The van der Waals surface area contributed by atoms with Crippen molar-refractivity contribution >= 4 is 11.0 Å². The number of likely N-dealkylation sites (tertiary alicyclic amines) is 1. The lowest BCUT2D eigenvalue weighted by Gasteiger charge is -2.43. The predicted octanol–water partition coefficient (Wildman–Crippen LogP) is 4.75. The Morgan fingerprint density at radius 1 is 1.00 bits per heavy atom. The second kappa shape index (κ2) is 7.51. The van der Waals surface area contributed by atoms with Crippen LogP contribution in [0.25, 0.3) is 22.1 Å². The first-order valence-corrected chi connectivity index (χ1v) is 11.1. The van der Waals surface area contributed by atoms with Crippen LogP contribution in [0.3, 0.4) is 0 Å². The molecule has 0 aliphatic carbocycles. The number of fused-ring (bicyclic) bond motifs is 5. The van der Waals surface area contributed by atoms with Gasteiger partial charge in [-0.25, -0.2) is 0 Å². The van der Waals surface area contributed by atoms with Crippen molar-refractivity contribution in [2.24, 2.45) is 5.92 Å². The smallest absolute Gasteiger partial charge is 0.250 e. The summed E-state index contributed by atoms with van der Waals surface area (Å²) in [5.74, 6) is 1.71. The Morgan fingerprint density at radius 3 is 2.78 bits per heavy atom. The summed E-state index contributed by atoms with van der Waals surface area (Å²) >= 11 is 0. The molecule has 4 heterocycles. The molecule has 1 saturated heterocycles. The van der Waals surface area contributed by atoms with E-state index in [1.807, 2.05) is 53.1 Å². The van der Waals surface area contributed by atoms with Crippen LogP contribution in [0.5, 0.6) is 0 Å². The number of rotatable bonds is 3. The standard InChI is InChI=1S/C27H23N3O2/c28-13-18-4-3-6-20(10-18)24-8-9-26(31)30-15-19-11-22(27(24)30)16-29(14-19)17-23-12-21-5-1-2-7-25(21)32-23/h1-10,12,19,22H,11,14-17H2. The second-order valence-electron chi connectivity index (χ2n) is 9.02. The van der Waals surface area contributed by atoms with Gasteiger partial charge in [0.15, 0.2) is 0 Å². The molecule has 32 heavy (non-hydrogen) atoms. The van der Waals surface area contributed by atoms with Crippen molar-refractivity contribution in [2.75, 3.05) is 13.1 Å². The zero-order valence-corrected chi connectivity index (χ0v) is 17.7. The highest BCUT2D eigenvalue weighted by Crippen LogP contribution is 2.40. The maximum Gasteiger partial charge on any atom is 0.250 e. The lowest BCUT2D eigenvalue weighted by atomic mass is 9.80. The van der Waals surface area contributed by atoms with Crippen LogP contribution < -0.4 is 5.56 Å². The van der Waals surface area contributed by atoms with Gasteiger partial charge < -0.3 is 8.98 Å². The van der Waals surface area contributed by atoms with Crippen molar-refractivity contribution < 1.29 is 4.42 Å². The fraction of sp³-hybridized carbons (Fsp3) is 0.259. The highest BCUT2D eigenvalue weighted by Gasteiger charge is 2.36. The maximum atomic E-state index is 12.8. The number of nitriles is 1. The van der Waals surface area contributed by atoms with Crippen LogP contribution >= 0.6 is 0 Å². The molecule has 0 spiro atoms. The number of piperidine rings is 1. The van der Waals surface area contributed by atoms with Crippen LogP contribution in [0, 0.1) is 17.2 Å². The summed E-state index contributed by atoms with van der Waals surface area (Å²) in [7, 11) is 0. The molecule has 4 aromatic rings. The molecule has 2 atom stereocenters. The Labute approximate surface area is 186 Å². The van der Waals surface area contributed by atoms with E-state index in [0.29, 0.717) is 11.5 Å². The minimum absolute atomic E-state index is 0.0700. The molecule has 0 radical (unpaired) electrons. The van der Waals surface area contributed by atoms with Crippen LogP contribution in [0.1, 0.15) is 29.4 Å². The normalized spacial score (nSPS) is 20.1. The number of benzene rings is 2. The van der Waals surface area contributed by atoms with Crippen molar-refractivity contribution in [3.63, 3.8) is 0 Å². The van der Waals surface area contributed by atoms with E-state index in [1.54, 1.807) is 6.07 Å². The summed E-state index contributed by atoms with van der Waals surface area (Å²) in [6.07, 6.45) is 1.09. The van der Waals surface area contributed by atoms with Gasteiger partial charge in [-0.3, -0.25) is 9.69 Å². The molecule has 6 rings (SSSR count). The average molecular weight is 422 g/mol. The van der Waals surface area contributed by atoms with Crippen molar-refractivity contribution in [1.29, 1.82) is 5.26 Å². The third kappa shape index (κ3) is 3.24. The number of nitrogens with zero attached hydrogens (tertiary/aromatic N) is 3. The van der Waals surface area contributed by atoms with Crippen LogP contribution in [0.2, 0.25) is 0 Å². The Hall–Kier alpha value is -3.62. The van der Waals surface area contributed by atoms with Gasteiger partial charge in [0.2, 0.25) is 0 Å². The van der Waals surface area contributed by atoms with Gasteiger partial charge >= 0.3 is 0 Å². The Bertz CT molecular complexity index is 1390. The molecular formula is C27H23N3O2. The maximum absolute atomic E-state index is 12.8. The second-order valence-corrected chi connectivity index (χ2v) is 9.02. The molecule has 5 nitrogen and oxygen atoms in total. The van der Waals surface area contributed by atoms with Gasteiger partial charge in [-0.15, -0.1) is 0 Å². The van der Waals surface area contributed by atoms with Crippen LogP contribution in [-0.2, 0) is 13.1 Å². The van der Waals surface area contributed by atoms with Crippen molar-refractivity contribution in [3.8, 4) is 17.2 Å². The molecule has 2 aromatic carbocycles. The van der Waals surface area contributed by atoms with E-state index in [-0.39, 0.29) is 11.5 Å². The molecule has 158 valence electrons. The van der Waals surface area contributed by atoms with E-state index in [2.05, 4.69) is 23.1 Å². The summed E-state index contributed by atoms with van der Waals surface area (Å²) in [6.45, 7) is 3.38.